The lowest BCUT2D eigenvalue weighted by Crippen LogP contribution is -2.44. The molecule has 0 aliphatic carbocycles. The number of ether oxygens (including phenoxy) is 2. The van der Waals surface area contributed by atoms with Crippen LogP contribution in [0.3, 0.4) is 0 Å². The molecule has 0 saturated carbocycles. The molecule has 1 saturated heterocycles. The molecule has 0 N–H and O–H groups in total. The van der Waals surface area contributed by atoms with Gasteiger partial charge in [-0.05, 0) is 45.0 Å². The molecule has 0 atom stereocenters. The highest BCUT2D eigenvalue weighted by Gasteiger charge is 2.27. The van der Waals surface area contributed by atoms with E-state index in [4.69, 9.17) is 9.47 Å². The van der Waals surface area contributed by atoms with Crippen LogP contribution >= 0.6 is 0 Å². The number of carbonyl (C=O) groups excluding carboxylic acids is 1. The summed E-state index contributed by atoms with van der Waals surface area (Å²) in [5, 5.41) is 0.719. The van der Waals surface area contributed by atoms with Crippen LogP contribution in [0.5, 0.6) is 5.75 Å². The number of rotatable bonds is 4. The molecule has 1 fully saturated rings. The first kappa shape index (κ1) is 23.0. The minimum absolute atomic E-state index is 0.000161. The zero-order chi connectivity index (χ0) is 23.8. The third kappa shape index (κ3) is 5.44. The Labute approximate surface area is 193 Å². The predicted molar refractivity (Wildman–Crippen MR) is 123 cm³/mol. The Morgan fingerprint density at radius 3 is 2.42 bits per heavy atom. The molecular weight excluding hydrogens is 444 g/mol. The number of hydrogen-bond acceptors (Lipinski definition) is 7. The Kier molecular flexibility index (Phi) is 6.04. The number of nitrogens with zero attached hydrogens (tertiary/aromatic N) is 4. The summed E-state index contributed by atoms with van der Waals surface area (Å²) in [6.45, 7) is 6.74. The van der Waals surface area contributed by atoms with Gasteiger partial charge in [-0.15, -0.1) is 0 Å². The van der Waals surface area contributed by atoms with Crippen molar-refractivity contribution in [2.75, 3.05) is 19.3 Å². The number of carbonyl (C=O) groups is 1. The number of pyridine rings is 2. The molecule has 0 radical (unpaired) electrons. The van der Waals surface area contributed by atoms with E-state index in [0.717, 1.165) is 24.5 Å². The maximum atomic E-state index is 12.2. The first-order chi connectivity index (χ1) is 15.5. The van der Waals surface area contributed by atoms with E-state index in [1.165, 1.54) is 6.20 Å². The number of likely N-dealkylation sites (tertiary alicyclic amines) is 1. The highest BCUT2D eigenvalue weighted by atomic mass is 32.2. The zero-order valence-electron chi connectivity index (χ0n) is 19.2. The van der Waals surface area contributed by atoms with Crippen LogP contribution in [0.2, 0.25) is 0 Å². The molecule has 33 heavy (non-hydrogen) atoms. The fraction of sp³-hybridized carbons (Fsp3) is 0.435. The molecule has 9 nitrogen and oxygen atoms in total. The van der Waals surface area contributed by atoms with Gasteiger partial charge in [0.15, 0.2) is 9.84 Å². The van der Waals surface area contributed by atoms with Crippen LogP contribution in [0.15, 0.2) is 47.8 Å². The van der Waals surface area contributed by atoms with Crippen LogP contribution in [-0.2, 0) is 14.6 Å². The van der Waals surface area contributed by atoms with Gasteiger partial charge in [-0.2, -0.15) is 0 Å². The molecular formula is C23H28N4O5S. The van der Waals surface area contributed by atoms with Crippen molar-refractivity contribution in [3.05, 3.63) is 42.9 Å². The van der Waals surface area contributed by atoms with E-state index in [0.29, 0.717) is 30.3 Å². The van der Waals surface area contributed by atoms with Crippen molar-refractivity contribution >= 4 is 27.0 Å². The van der Waals surface area contributed by atoms with Crippen LogP contribution in [0, 0.1) is 0 Å². The van der Waals surface area contributed by atoms with Crippen molar-refractivity contribution in [1.82, 2.24) is 19.4 Å². The smallest absolute Gasteiger partial charge is 0.410 e. The van der Waals surface area contributed by atoms with Gasteiger partial charge in [0.2, 0.25) is 0 Å². The van der Waals surface area contributed by atoms with E-state index in [1.54, 1.807) is 27.9 Å². The summed E-state index contributed by atoms with van der Waals surface area (Å²) in [7, 11) is -3.32. The Hall–Kier alpha value is -3.14. The molecule has 3 aromatic rings. The average molecular weight is 473 g/mol. The first-order valence-electron chi connectivity index (χ1n) is 10.8. The molecule has 0 bridgehead atoms. The van der Waals surface area contributed by atoms with Gasteiger partial charge in [-0.3, -0.25) is 4.57 Å². The lowest BCUT2D eigenvalue weighted by Gasteiger charge is -2.33. The Morgan fingerprint density at radius 2 is 1.82 bits per heavy atom. The second-order valence-electron chi connectivity index (χ2n) is 9.18. The van der Waals surface area contributed by atoms with Crippen LogP contribution in [0.4, 0.5) is 4.79 Å². The van der Waals surface area contributed by atoms with Gasteiger partial charge in [0, 0.05) is 50.0 Å². The average Bonchev–Trinajstić information content (AvgIpc) is 3.16. The highest BCUT2D eigenvalue weighted by molar-refractivity contribution is 7.90. The third-order valence-corrected chi connectivity index (χ3v) is 6.37. The summed E-state index contributed by atoms with van der Waals surface area (Å²) < 4.78 is 36.8. The van der Waals surface area contributed by atoms with Crippen molar-refractivity contribution in [3.8, 4) is 11.6 Å². The van der Waals surface area contributed by atoms with E-state index in [1.807, 2.05) is 39.0 Å². The topological polar surface area (TPSA) is 104 Å². The molecule has 4 heterocycles. The van der Waals surface area contributed by atoms with Crippen LogP contribution < -0.4 is 4.74 Å². The Morgan fingerprint density at radius 1 is 1.09 bits per heavy atom. The maximum Gasteiger partial charge on any atom is 0.410 e. The Bertz CT molecular complexity index is 1250. The van der Waals surface area contributed by atoms with Gasteiger partial charge in [-0.25, -0.2) is 23.2 Å². The molecule has 1 aliphatic rings. The van der Waals surface area contributed by atoms with Crippen molar-refractivity contribution in [3.63, 3.8) is 0 Å². The van der Waals surface area contributed by atoms with Crippen LogP contribution in [0.1, 0.15) is 33.6 Å². The van der Waals surface area contributed by atoms with E-state index >= 15 is 0 Å². The normalized spacial score (nSPS) is 15.6. The largest absolute Gasteiger partial charge is 0.489 e. The molecule has 0 spiro atoms. The number of hydrogen-bond donors (Lipinski definition) is 0. The van der Waals surface area contributed by atoms with Crippen molar-refractivity contribution in [1.29, 1.82) is 0 Å². The van der Waals surface area contributed by atoms with Crippen molar-refractivity contribution < 1.29 is 22.7 Å². The minimum Gasteiger partial charge on any atom is -0.489 e. The van der Waals surface area contributed by atoms with E-state index < -0.39 is 15.4 Å². The summed E-state index contributed by atoms with van der Waals surface area (Å²) in [5.41, 5.74) is 0.118. The fourth-order valence-corrected chi connectivity index (χ4v) is 4.24. The van der Waals surface area contributed by atoms with Gasteiger partial charge in [0.25, 0.3) is 0 Å². The van der Waals surface area contributed by atoms with Gasteiger partial charge in [0.1, 0.15) is 28.9 Å². The van der Waals surface area contributed by atoms with E-state index in [2.05, 4.69) is 9.97 Å². The van der Waals surface area contributed by atoms with Crippen molar-refractivity contribution in [2.24, 2.45) is 0 Å². The number of aromatic nitrogens is 3. The SMILES string of the molecule is CC(C)(C)OC(=O)N1CCC(Oc2ccc(-n3ccc4cc(S(C)(=O)=O)cnc43)nc2)CC1. The predicted octanol–water partition coefficient (Wildman–Crippen LogP) is 3.60. The summed E-state index contributed by atoms with van der Waals surface area (Å²) >= 11 is 0. The fourth-order valence-electron chi connectivity index (χ4n) is 3.65. The lowest BCUT2D eigenvalue weighted by atomic mass is 10.1. The van der Waals surface area contributed by atoms with E-state index in [9.17, 15) is 13.2 Å². The molecule has 4 rings (SSSR count). The maximum absolute atomic E-state index is 12.2. The highest BCUT2D eigenvalue weighted by Crippen LogP contribution is 2.23. The molecule has 1 amide bonds. The quantitative estimate of drug-likeness (QED) is 0.571. The molecule has 176 valence electrons. The number of piperidine rings is 1. The van der Waals surface area contributed by atoms with Gasteiger partial charge >= 0.3 is 6.09 Å². The monoisotopic (exact) mass is 472 g/mol. The molecule has 0 unspecified atom stereocenters. The lowest BCUT2D eigenvalue weighted by molar-refractivity contribution is 0.0126. The minimum atomic E-state index is -3.32. The molecule has 10 heteroatoms. The standard InChI is InChI=1S/C23H28N4O5S/c1-23(2,3)32-22(28)26-10-8-17(9-11-26)31-18-5-6-20(24-14-18)27-12-7-16-13-19(33(4,29)30)15-25-21(16)27/h5-7,12-15,17H,8-11H2,1-4H3. The Balaban J connectivity index is 1.39. The number of amides is 1. The number of fused-ring (bicyclic) bond motifs is 1. The van der Waals surface area contributed by atoms with Gasteiger partial charge in [0.05, 0.1) is 11.1 Å². The summed E-state index contributed by atoms with van der Waals surface area (Å²) in [5.74, 6) is 1.30. The van der Waals surface area contributed by atoms with Crippen LogP contribution in [-0.4, -0.2) is 65.0 Å². The molecule has 1 aliphatic heterocycles. The van der Waals surface area contributed by atoms with Gasteiger partial charge in [-0.1, -0.05) is 0 Å². The first-order valence-corrected chi connectivity index (χ1v) is 12.7. The number of sulfone groups is 1. The summed E-state index contributed by atoms with van der Waals surface area (Å²) in [6.07, 6.45) is 7.13. The summed E-state index contributed by atoms with van der Waals surface area (Å²) in [6, 6.07) is 7.09. The van der Waals surface area contributed by atoms with Crippen LogP contribution in [0.25, 0.3) is 16.9 Å². The third-order valence-electron chi connectivity index (χ3n) is 5.29. The molecule has 3 aromatic heterocycles. The van der Waals surface area contributed by atoms with Crippen molar-refractivity contribution in [2.45, 2.75) is 50.2 Å². The molecule has 0 aromatic carbocycles. The van der Waals surface area contributed by atoms with Gasteiger partial charge < -0.3 is 14.4 Å². The second-order valence-corrected chi connectivity index (χ2v) is 11.2. The summed E-state index contributed by atoms with van der Waals surface area (Å²) in [4.78, 5) is 22.9. The zero-order valence-corrected chi connectivity index (χ0v) is 20.0. The second kappa shape index (κ2) is 8.66. The van der Waals surface area contributed by atoms with E-state index in [-0.39, 0.29) is 17.1 Å².